The summed E-state index contributed by atoms with van der Waals surface area (Å²) in [4.78, 5) is 72.8. The molecule has 3 unspecified atom stereocenters. The quantitative estimate of drug-likeness (QED) is 0.0222. The monoisotopic (exact) mass is 1400 g/mol. The third kappa shape index (κ3) is 70.3. The van der Waals surface area contributed by atoms with Crippen LogP contribution in [0, 0.1) is 23.7 Å². The molecule has 0 aliphatic carbocycles. The molecule has 0 fully saturated rings. The van der Waals surface area contributed by atoms with Gasteiger partial charge in [0.25, 0.3) is 0 Å². The Kier molecular flexibility index (Phi) is 64.0. The SMILES string of the molecule is CC(C)CCCCCCCCCCCCCCCC(=O)O[C@H](COC(=O)CCCCCCCCCCCCCC(C)C)COP(=O)(O)OCC(O)COP(=O)(O)OC[C@@H](COC(=O)CCCCCCCCCCC(C)C)OC(=O)CCCCCCCCCCCCCC(C)C. The molecule has 0 aromatic heterocycles. The lowest BCUT2D eigenvalue weighted by Gasteiger charge is -2.21. The third-order valence-corrected chi connectivity index (χ3v) is 19.5. The maximum Gasteiger partial charge on any atom is 0.472 e. The van der Waals surface area contributed by atoms with Crippen LogP contribution >= 0.6 is 15.6 Å². The van der Waals surface area contributed by atoms with E-state index in [1.165, 1.54) is 186 Å². The van der Waals surface area contributed by atoms with E-state index in [4.69, 9.17) is 37.0 Å². The predicted molar refractivity (Wildman–Crippen MR) is 386 cm³/mol. The molecule has 0 saturated heterocycles. The summed E-state index contributed by atoms with van der Waals surface area (Å²) >= 11 is 0. The first-order valence-corrected chi connectivity index (χ1v) is 42.2. The Morgan fingerprint density at radius 1 is 0.263 bits per heavy atom. The summed E-state index contributed by atoms with van der Waals surface area (Å²) in [7, 11) is -9.91. The Bertz CT molecular complexity index is 1870. The standard InChI is InChI=1S/C76H148O17P2/c1-66(2)52-44-36-28-20-14-10-9-11-17-24-34-42-50-58-75(80)92-71(62-86-73(78)56-48-40-32-23-18-12-15-21-29-37-45-53-67(3)4)64-90-94(82,83)88-60-70(77)61-89-95(84,85)91-65-72(63-87-74(79)57-49-41-33-27-26-31-39-47-55-69(7)8)93-76(81)59-51-43-35-25-19-13-16-22-30-38-46-54-68(5)6/h66-72,77H,9-65H2,1-8H3,(H,82,83)(H,84,85)/t70?,71-,72-/m1/s1. The molecule has 564 valence electrons. The van der Waals surface area contributed by atoms with Gasteiger partial charge < -0.3 is 33.8 Å². The Labute approximate surface area is 581 Å². The van der Waals surface area contributed by atoms with Gasteiger partial charge in [-0.25, -0.2) is 9.13 Å². The second-order valence-electron chi connectivity index (χ2n) is 29.3. The number of aliphatic hydroxyl groups is 1. The van der Waals surface area contributed by atoms with Crippen molar-refractivity contribution in [2.24, 2.45) is 23.7 Å². The number of esters is 4. The van der Waals surface area contributed by atoms with Gasteiger partial charge in [0.2, 0.25) is 0 Å². The molecule has 95 heavy (non-hydrogen) atoms. The fraction of sp³-hybridized carbons (Fsp3) is 0.947. The molecule has 0 heterocycles. The van der Waals surface area contributed by atoms with Crippen molar-refractivity contribution in [2.45, 2.75) is 401 Å². The topological polar surface area (TPSA) is 237 Å². The molecule has 0 aliphatic rings. The Balaban J connectivity index is 5.27. The minimum atomic E-state index is -4.96. The fourth-order valence-corrected chi connectivity index (χ4v) is 13.1. The highest BCUT2D eigenvalue weighted by molar-refractivity contribution is 7.47. The largest absolute Gasteiger partial charge is 0.472 e. The number of aliphatic hydroxyl groups excluding tert-OH is 1. The summed E-state index contributed by atoms with van der Waals surface area (Å²) < 4.78 is 68.6. The fourth-order valence-electron chi connectivity index (χ4n) is 11.6. The van der Waals surface area contributed by atoms with Crippen LogP contribution in [0.5, 0.6) is 0 Å². The van der Waals surface area contributed by atoms with Gasteiger partial charge in [-0.15, -0.1) is 0 Å². The van der Waals surface area contributed by atoms with Crippen molar-refractivity contribution in [3.05, 3.63) is 0 Å². The zero-order valence-electron chi connectivity index (χ0n) is 62.3. The molecule has 17 nitrogen and oxygen atoms in total. The number of carbonyl (C=O) groups excluding carboxylic acids is 4. The maximum absolute atomic E-state index is 13.1. The number of unbranched alkanes of at least 4 members (excludes halogenated alkanes) is 39. The van der Waals surface area contributed by atoms with E-state index in [1.807, 2.05) is 0 Å². The molecule has 0 radical (unpaired) electrons. The van der Waals surface area contributed by atoms with E-state index in [0.29, 0.717) is 25.7 Å². The molecular weight excluding hydrogens is 1250 g/mol. The van der Waals surface area contributed by atoms with E-state index >= 15 is 0 Å². The molecule has 5 atom stereocenters. The van der Waals surface area contributed by atoms with Gasteiger partial charge in [0.1, 0.15) is 19.3 Å². The number of carbonyl (C=O) groups is 4. The van der Waals surface area contributed by atoms with Crippen molar-refractivity contribution in [3.8, 4) is 0 Å². The minimum absolute atomic E-state index is 0.105. The lowest BCUT2D eigenvalue weighted by Crippen LogP contribution is -2.30. The van der Waals surface area contributed by atoms with E-state index in [2.05, 4.69) is 55.4 Å². The van der Waals surface area contributed by atoms with Gasteiger partial charge in [-0.05, 0) is 49.4 Å². The summed E-state index contributed by atoms with van der Waals surface area (Å²) in [6.07, 6.45) is 49.9. The number of hydrogen-bond donors (Lipinski definition) is 3. The van der Waals surface area contributed by atoms with Crippen molar-refractivity contribution >= 4 is 39.5 Å². The zero-order chi connectivity index (χ0) is 70.3. The van der Waals surface area contributed by atoms with E-state index < -0.39 is 97.5 Å². The summed E-state index contributed by atoms with van der Waals surface area (Å²) in [5.41, 5.74) is 0. The van der Waals surface area contributed by atoms with Crippen molar-refractivity contribution in [3.63, 3.8) is 0 Å². The molecule has 0 saturated carbocycles. The highest BCUT2D eigenvalue weighted by atomic mass is 31.2. The Hall–Kier alpha value is -1.94. The predicted octanol–water partition coefficient (Wildman–Crippen LogP) is 22.0. The normalized spacial score (nSPS) is 14.1. The highest BCUT2D eigenvalue weighted by Gasteiger charge is 2.30. The van der Waals surface area contributed by atoms with Crippen LogP contribution in [0.2, 0.25) is 0 Å². The summed E-state index contributed by atoms with van der Waals surface area (Å²) in [5.74, 6) is 0.929. The summed E-state index contributed by atoms with van der Waals surface area (Å²) in [6.45, 7) is 14.2. The first kappa shape index (κ1) is 93.1. The number of ether oxygens (including phenoxy) is 4. The first-order valence-electron chi connectivity index (χ1n) is 39.2. The second kappa shape index (κ2) is 65.4. The number of phosphoric acid groups is 2. The first-order chi connectivity index (χ1) is 45.6. The maximum atomic E-state index is 13.1. The Morgan fingerprint density at radius 2 is 0.442 bits per heavy atom. The van der Waals surface area contributed by atoms with Crippen LogP contribution in [-0.2, 0) is 65.4 Å². The zero-order valence-corrected chi connectivity index (χ0v) is 64.1. The van der Waals surface area contributed by atoms with Crippen molar-refractivity contribution in [1.82, 2.24) is 0 Å². The van der Waals surface area contributed by atoms with E-state index in [0.717, 1.165) is 114 Å². The summed E-state index contributed by atoms with van der Waals surface area (Å²) in [5, 5.41) is 10.6. The molecule has 0 bridgehead atoms. The van der Waals surface area contributed by atoms with Crippen LogP contribution in [0.1, 0.15) is 383 Å². The molecule has 3 N–H and O–H groups in total. The van der Waals surface area contributed by atoms with Gasteiger partial charge >= 0.3 is 39.5 Å². The highest BCUT2D eigenvalue weighted by Crippen LogP contribution is 2.45. The average Bonchev–Trinajstić information content (AvgIpc) is 3.15. The molecule has 0 aromatic carbocycles. The second-order valence-corrected chi connectivity index (χ2v) is 32.2. The smallest absolute Gasteiger partial charge is 0.462 e. The van der Waals surface area contributed by atoms with Gasteiger partial charge in [-0.2, -0.15) is 0 Å². The minimum Gasteiger partial charge on any atom is -0.462 e. The van der Waals surface area contributed by atoms with E-state index in [9.17, 15) is 43.2 Å². The molecule has 19 heteroatoms. The van der Waals surface area contributed by atoms with Gasteiger partial charge in [0.05, 0.1) is 26.4 Å². The molecule has 0 aromatic rings. The molecular formula is C76H148O17P2. The van der Waals surface area contributed by atoms with E-state index in [-0.39, 0.29) is 25.7 Å². The van der Waals surface area contributed by atoms with Gasteiger partial charge in [-0.1, -0.05) is 331 Å². The molecule has 0 amide bonds. The number of phosphoric ester groups is 2. The molecule has 0 rings (SSSR count). The van der Waals surface area contributed by atoms with Crippen molar-refractivity contribution in [1.29, 1.82) is 0 Å². The number of rotatable bonds is 73. The van der Waals surface area contributed by atoms with Crippen LogP contribution in [0.15, 0.2) is 0 Å². The van der Waals surface area contributed by atoms with Gasteiger partial charge in [0, 0.05) is 25.7 Å². The van der Waals surface area contributed by atoms with Crippen LogP contribution in [0.3, 0.4) is 0 Å². The summed E-state index contributed by atoms with van der Waals surface area (Å²) in [6, 6.07) is 0. The van der Waals surface area contributed by atoms with E-state index in [1.54, 1.807) is 0 Å². The van der Waals surface area contributed by atoms with Gasteiger partial charge in [-0.3, -0.25) is 37.3 Å². The lowest BCUT2D eigenvalue weighted by atomic mass is 10.0. The molecule has 0 spiro atoms. The van der Waals surface area contributed by atoms with Crippen LogP contribution in [0.4, 0.5) is 0 Å². The number of hydrogen-bond acceptors (Lipinski definition) is 15. The van der Waals surface area contributed by atoms with Gasteiger partial charge in [0.15, 0.2) is 12.2 Å². The van der Waals surface area contributed by atoms with Crippen molar-refractivity contribution in [2.75, 3.05) is 39.6 Å². The van der Waals surface area contributed by atoms with Crippen LogP contribution in [-0.4, -0.2) is 96.7 Å². The van der Waals surface area contributed by atoms with Crippen LogP contribution in [0.25, 0.3) is 0 Å². The lowest BCUT2D eigenvalue weighted by molar-refractivity contribution is -0.161. The van der Waals surface area contributed by atoms with Crippen molar-refractivity contribution < 1.29 is 80.2 Å². The average molecular weight is 1400 g/mol. The molecule has 0 aliphatic heterocycles. The Morgan fingerprint density at radius 3 is 0.653 bits per heavy atom. The van der Waals surface area contributed by atoms with Crippen LogP contribution < -0.4 is 0 Å². The third-order valence-electron chi connectivity index (χ3n) is 17.6.